The Morgan fingerprint density at radius 3 is 3.04 bits per heavy atom. The maximum atomic E-state index is 6.57. The molecule has 4 atom stereocenters. The third-order valence-electron chi connectivity index (χ3n) is 6.39. The molecule has 3 fully saturated rings. The molecule has 5 rings (SSSR count). The predicted molar refractivity (Wildman–Crippen MR) is 97.6 cm³/mol. The van der Waals surface area contributed by atoms with Crippen LogP contribution >= 0.6 is 0 Å². The maximum Gasteiger partial charge on any atom is 0.147 e. The van der Waals surface area contributed by atoms with Crippen LogP contribution in [0.5, 0.6) is 0 Å². The molecule has 5 heterocycles. The molecular formula is C19H26N6O. The van der Waals surface area contributed by atoms with E-state index in [1.807, 2.05) is 24.1 Å². The van der Waals surface area contributed by atoms with Crippen LogP contribution in [0.3, 0.4) is 0 Å². The van der Waals surface area contributed by atoms with Gasteiger partial charge in [0.2, 0.25) is 0 Å². The molecule has 3 saturated heterocycles. The van der Waals surface area contributed by atoms with Crippen molar-refractivity contribution in [3.63, 3.8) is 0 Å². The van der Waals surface area contributed by atoms with E-state index in [0.717, 1.165) is 32.0 Å². The number of aromatic nitrogens is 4. The van der Waals surface area contributed by atoms with Crippen LogP contribution in [0.2, 0.25) is 0 Å². The summed E-state index contributed by atoms with van der Waals surface area (Å²) in [6, 6.07) is 0. The minimum absolute atomic E-state index is 0.0298. The summed E-state index contributed by atoms with van der Waals surface area (Å²) >= 11 is 0. The maximum absolute atomic E-state index is 6.57. The highest BCUT2D eigenvalue weighted by Gasteiger charge is 2.63. The highest BCUT2D eigenvalue weighted by atomic mass is 16.5. The van der Waals surface area contributed by atoms with Crippen LogP contribution in [-0.4, -0.2) is 63.0 Å². The van der Waals surface area contributed by atoms with Crippen LogP contribution in [0, 0.1) is 11.8 Å². The summed E-state index contributed by atoms with van der Waals surface area (Å²) in [6.07, 6.45) is 12.2. The first-order valence-electron chi connectivity index (χ1n) is 9.48. The summed E-state index contributed by atoms with van der Waals surface area (Å²) in [7, 11) is 4.18. The monoisotopic (exact) mass is 354 g/mol. The molecule has 26 heavy (non-hydrogen) atoms. The van der Waals surface area contributed by atoms with E-state index in [-0.39, 0.29) is 5.60 Å². The molecule has 2 aromatic rings. The summed E-state index contributed by atoms with van der Waals surface area (Å²) in [4.78, 5) is 13.5. The third-order valence-corrected chi connectivity index (χ3v) is 6.39. The van der Waals surface area contributed by atoms with E-state index in [1.165, 1.54) is 18.4 Å². The number of rotatable bonds is 5. The van der Waals surface area contributed by atoms with E-state index in [2.05, 4.69) is 38.1 Å². The van der Waals surface area contributed by atoms with Crippen molar-refractivity contribution in [2.24, 2.45) is 18.9 Å². The average Bonchev–Trinajstić information content (AvgIpc) is 3.38. The number of anilines is 1. The first-order valence-corrected chi connectivity index (χ1v) is 9.48. The molecule has 0 amide bonds. The van der Waals surface area contributed by atoms with Crippen molar-refractivity contribution < 1.29 is 4.74 Å². The zero-order valence-electron chi connectivity index (χ0n) is 15.5. The number of aryl methyl sites for hydroxylation is 1. The molecule has 0 aliphatic carbocycles. The van der Waals surface area contributed by atoms with Gasteiger partial charge < -0.3 is 14.5 Å². The van der Waals surface area contributed by atoms with E-state index in [4.69, 9.17) is 4.74 Å². The molecule has 7 nitrogen and oxygen atoms in total. The first-order chi connectivity index (χ1) is 12.6. The summed E-state index contributed by atoms with van der Waals surface area (Å²) in [5.41, 5.74) is 1.29. The fourth-order valence-electron chi connectivity index (χ4n) is 5.35. The minimum Gasteiger partial charge on any atom is -0.369 e. The standard InChI is InChI=1S/C19H26N6O/c1-23(9-14-7-22-24(2)10-14)11-15-16-12-25(18-8-20-5-6-21-18)13-19(16)4-3-17(15)26-19/h5-8,10,15-17H,3-4,9,11-13H2,1-2H3/t15-,16+,17+,19+/m0/s1. The van der Waals surface area contributed by atoms with Gasteiger partial charge in [-0.3, -0.25) is 9.67 Å². The second-order valence-electron chi connectivity index (χ2n) is 8.19. The number of hydrogen-bond acceptors (Lipinski definition) is 6. The second kappa shape index (κ2) is 6.03. The van der Waals surface area contributed by atoms with Crippen molar-refractivity contribution in [2.45, 2.75) is 31.1 Å². The Hall–Kier alpha value is -1.99. The van der Waals surface area contributed by atoms with Gasteiger partial charge in [0.15, 0.2) is 0 Å². The highest BCUT2D eigenvalue weighted by molar-refractivity contribution is 5.40. The molecule has 0 N–H and O–H groups in total. The zero-order valence-corrected chi connectivity index (χ0v) is 15.5. The van der Waals surface area contributed by atoms with E-state index in [1.54, 1.807) is 12.4 Å². The summed E-state index contributed by atoms with van der Waals surface area (Å²) in [6.45, 7) is 3.99. The van der Waals surface area contributed by atoms with E-state index < -0.39 is 0 Å². The van der Waals surface area contributed by atoms with E-state index >= 15 is 0 Å². The Labute approximate surface area is 154 Å². The van der Waals surface area contributed by atoms with Gasteiger partial charge in [-0.05, 0) is 19.9 Å². The molecule has 0 saturated carbocycles. The molecule has 1 spiro atoms. The summed E-state index contributed by atoms with van der Waals surface area (Å²) in [5, 5.41) is 4.28. The summed E-state index contributed by atoms with van der Waals surface area (Å²) in [5.74, 6) is 2.15. The molecule has 2 bridgehead atoms. The van der Waals surface area contributed by atoms with Crippen LogP contribution in [0.25, 0.3) is 0 Å². The van der Waals surface area contributed by atoms with Gasteiger partial charge in [-0.25, -0.2) is 4.98 Å². The van der Waals surface area contributed by atoms with Crippen LogP contribution in [0.1, 0.15) is 18.4 Å². The van der Waals surface area contributed by atoms with Crippen LogP contribution in [0.4, 0.5) is 5.82 Å². The Morgan fingerprint density at radius 1 is 1.35 bits per heavy atom. The van der Waals surface area contributed by atoms with Crippen molar-refractivity contribution in [3.05, 3.63) is 36.5 Å². The number of nitrogens with zero attached hydrogens (tertiary/aromatic N) is 6. The van der Waals surface area contributed by atoms with Gasteiger partial charge >= 0.3 is 0 Å². The van der Waals surface area contributed by atoms with Gasteiger partial charge in [0.25, 0.3) is 0 Å². The molecule has 0 aromatic carbocycles. The minimum atomic E-state index is 0.0298. The van der Waals surface area contributed by atoms with Crippen LogP contribution in [0.15, 0.2) is 31.0 Å². The van der Waals surface area contributed by atoms with Gasteiger partial charge in [-0.1, -0.05) is 0 Å². The smallest absolute Gasteiger partial charge is 0.147 e. The van der Waals surface area contributed by atoms with Gasteiger partial charge in [-0.2, -0.15) is 5.10 Å². The number of hydrogen-bond donors (Lipinski definition) is 0. The highest BCUT2D eigenvalue weighted by Crippen LogP contribution is 2.55. The number of fused-ring (bicyclic) bond motifs is 1. The first kappa shape index (κ1) is 16.2. The lowest BCUT2D eigenvalue weighted by molar-refractivity contribution is 0.0134. The van der Waals surface area contributed by atoms with Crippen molar-refractivity contribution in [1.82, 2.24) is 24.6 Å². The normalized spacial score (nSPS) is 32.6. The molecule has 7 heteroatoms. The Bertz CT molecular complexity index is 779. The zero-order chi connectivity index (χ0) is 17.7. The largest absolute Gasteiger partial charge is 0.369 e. The van der Waals surface area contributed by atoms with Gasteiger partial charge in [-0.15, -0.1) is 0 Å². The Balaban J connectivity index is 1.30. The van der Waals surface area contributed by atoms with Gasteiger partial charge in [0.05, 0.1) is 24.1 Å². The molecule has 3 aliphatic heterocycles. The molecule has 0 radical (unpaired) electrons. The fourth-order valence-corrected chi connectivity index (χ4v) is 5.35. The van der Waals surface area contributed by atoms with Crippen molar-refractivity contribution >= 4 is 5.82 Å². The van der Waals surface area contributed by atoms with Crippen LogP contribution in [-0.2, 0) is 18.3 Å². The predicted octanol–water partition coefficient (Wildman–Crippen LogP) is 1.33. The summed E-state index contributed by atoms with van der Waals surface area (Å²) < 4.78 is 8.44. The second-order valence-corrected chi connectivity index (χ2v) is 8.19. The van der Waals surface area contributed by atoms with Crippen molar-refractivity contribution in [2.75, 3.05) is 31.6 Å². The number of ether oxygens (including phenoxy) is 1. The Morgan fingerprint density at radius 2 is 2.27 bits per heavy atom. The van der Waals surface area contributed by atoms with Crippen molar-refractivity contribution in [1.29, 1.82) is 0 Å². The lowest BCUT2D eigenvalue weighted by Crippen LogP contribution is -2.40. The van der Waals surface area contributed by atoms with Crippen molar-refractivity contribution in [3.8, 4) is 0 Å². The lowest BCUT2D eigenvalue weighted by atomic mass is 9.73. The van der Waals surface area contributed by atoms with E-state index in [9.17, 15) is 0 Å². The average molecular weight is 354 g/mol. The fraction of sp³-hybridized carbons (Fsp3) is 0.632. The SMILES string of the molecule is CN(Cc1cnn(C)c1)C[C@H]1[C@H]2CN(c3cnccn3)C[C@]23CC[C@H]1O3. The van der Waals surface area contributed by atoms with Crippen LogP contribution < -0.4 is 4.90 Å². The molecule has 3 aliphatic rings. The molecule has 138 valence electrons. The van der Waals surface area contributed by atoms with Gasteiger partial charge in [0, 0.05) is 69.2 Å². The Kier molecular flexibility index (Phi) is 3.76. The van der Waals surface area contributed by atoms with Gasteiger partial charge in [0.1, 0.15) is 5.82 Å². The quantitative estimate of drug-likeness (QED) is 0.807. The van der Waals surface area contributed by atoms with E-state index in [0.29, 0.717) is 17.9 Å². The molecular weight excluding hydrogens is 328 g/mol. The molecule has 2 aromatic heterocycles. The lowest BCUT2D eigenvalue weighted by Gasteiger charge is -2.32. The topological polar surface area (TPSA) is 59.3 Å². The third kappa shape index (κ3) is 2.61. The molecule has 0 unspecified atom stereocenters.